The molecule has 0 bridgehead atoms. The molecule has 0 aromatic carbocycles. The van der Waals surface area contributed by atoms with Crippen molar-refractivity contribution in [2.75, 3.05) is 26.7 Å². The van der Waals surface area contributed by atoms with Gasteiger partial charge in [-0.25, -0.2) is 4.79 Å². The number of hydrogen-bond acceptors (Lipinski definition) is 4. The van der Waals surface area contributed by atoms with Gasteiger partial charge in [-0.1, -0.05) is 6.08 Å². The van der Waals surface area contributed by atoms with Crippen molar-refractivity contribution in [2.24, 2.45) is 0 Å². The van der Waals surface area contributed by atoms with Gasteiger partial charge in [-0.3, -0.25) is 0 Å². The predicted molar refractivity (Wildman–Crippen MR) is 71.4 cm³/mol. The molecule has 0 aliphatic carbocycles. The highest BCUT2D eigenvalue weighted by Crippen LogP contribution is 2.26. The minimum atomic E-state index is -0.234. The smallest absolute Gasteiger partial charge is 0.333 e. The summed E-state index contributed by atoms with van der Waals surface area (Å²) in [6.07, 6.45) is 7.12. The molecule has 2 atom stereocenters. The fraction of sp³-hybridized carbons (Fsp3) is 0.786. The zero-order valence-corrected chi connectivity index (χ0v) is 11.4. The van der Waals surface area contributed by atoms with Gasteiger partial charge < -0.3 is 15.0 Å². The topological polar surface area (TPSA) is 41.6 Å². The van der Waals surface area contributed by atoms with Crippen LogP contribution < -0.4 is 5.32 Å². The summed E-state index contributed by atoms with van der Waals surface area (Å²) < 4.78 is 4.67. The lowest BCUT2D eigenvalue weighted by Gasteiger charge is -2.35. The first-order valence-electron chi connectivity index (χ1n) is 6.93. The number of nitrogens with one attached hydrogen (secondary N) is 1. The second-order valence-electron chi connectivity index (χ2n) is 5.34. The Morgan fingerprint density at radius 3 is 3.06 bits per heavy atom. The van der Waals surface area contributed by atoms with E-state index < -0.39 is 0 Å². The Hall–Kier alpha value is -0.870. The fourth-order valence-corrected chi connectivity index (χ4v) is 3.03. The van der Waals surface area contributed by atoms with Crippen LogP contribution in [-0.2, 0) is 9.53 Å². The third kappa shape index (κ3) is 3.33. The molecule has 0 saturated carbocycles. The van der Waals surface area contributed by atoms with Gasteiger partial charge in [0.05, 0.1) is 7.11 Å². The van der Waals surface area contributed by atoms with Crippen molar-refractivity contribution < 1.29 is 9.53 Å². The fourth-order valence-electron chi connectivity index (χ4n) is 3.03. The summed E-state index contributed by atoms with van der Waals surface area (Å²) in [6, 6.07) is 1.40. The van der Waals surface area contributed by atoms with Gasteiger partial charge in [0.2, 0.25) is 0 Å². The van der Waals surface area contributed by atoms with E-state index in [-0.39, 0.29) is 5.97 Å². The molecule has 102 valence electrons. The largest absolute Gasteiger partial charge is 0.466 e. The van der Waals surface area contributed by atoms with Crippen molar-refractivity contribution in [3.63, 3.8) is 0 Å². The van der Waals surface area contributed by atoms with Gasteiger partial charge in [0.1, 0.15) is 0 Å². The molecule has 18 heavy (non-hydrogen) atoms. The van der Waals surface area contributed by atoms with Crippen LogP contribution in [0.5, 0.6) is 0 Å². The molecular weight excluding hydrogens is 228 g/mol. The molecule has 0 radical (unpaired) electrons. The van der Waals surface area contributed by atoms with Gasteiger partial charge in [0.25, 0.3) is 0 Å². The summed E-state index contributed by atoms with van der Waals surface area (Å²) in [5.74, 6) is -0.234. The highest BCUT2D eigenvalue weighted by atomic mass is 16.5. The number of hydrogen-bond donors (Lipinski definition) is 1. The minimum Gasteiger partial charge on any atom is -0.466 e. The maximum atomic E-state index is 11.2. The Morgan fingerprint density at radius 2 is 2.28 bits per heavy atom. The first-order valence-corrected chi connectivity index (χ1v) is 6.93. The molecule has 2 unspecified atom stereocenters. The van der Waals surface area contributed by atoms with Crippen molar-refractivity contribution in [1.82, 2.24) is 10.2 Å². The highest BCUT2D eigenvalue weighted by molar-refractivity contribution is 5.87. The van der Waals surface area contributed by atoms with E-state index in [9.17, 15) is 4.79 Å². The maximum absolute atomic E-state index is 11.2. The number of piperidine rings is 1. The van der Waals surface area contributed by atoms with Crippen LogP contribution in [0.3, 0.4) is 0 Å². The zero-order chi connectivity index (χ0) is 13.0. The van der Waals surface area contributed by atoms with Crippen LogP contribution in [-0.4, -0.2) is 49.7 Å². The molecule has 2 aliphatic rings. The van der Waals surface area contributed by atoms with Crippen molar-refractivity contribution in [1.29, 1.82) is 0 Å². The molecule has 4 nitrogen and oxygen atoms in total. The average molecular weight is 252 g/mol. The maximum Gasteiger partial charge on any atom is 0.333 e. The van der Waals surface area contributed by atoms with E-state index in [1.165, 1.54) is 45.9 Å². The summed E-state index contributed by atoms with van der Waals surface area (Å²) >= 11 is 0. The van der Waals surface area contributed by atoms with Crippen LogP contribution >= 0.6 is 0 Å². The summed E-state index contributed by atoms with van der Waals surface area (Å²) in [5, 5.41) is 3.53. The standard InChI is InChI=1S/C14H24N2O2/c1-11(14(17)18-2)5-7-15-12-6-9-16-8-3-4-13(16)10-12/h5,12-13,15H,3-4,6-10H2,1-2H3. The lowest BCUT2D eigenvalue weighted by atomic mass is 9.97. The van der Waals surface area contributed by atoms with Gasteiger partial charge in [-0.05, 0) is 45.7 Å². The molecule has 2 fully saturated rings. The van der Waals surface area contributed by atoms with Crippen LogP contribution in [0.2, 0.25) is 0 Å². The van der Waals surface area contributed by atoms with Gasteiger partial charge in [0, 0.05) is 24.2 Å². The van der Waals surface area contributed by atoms with Crippen LogP contribution in [0.15, 0.2) is 11.6 Å². The zero-order valence-electron chi connectivity index (χ0n) is 11.4. The number of rotatable bonds is 4. The Kier molecular flexibility index (Phi) is 4.78. The number of fused-ring (bicyclic) bond motifs is 1. The van der Waals surface area contributed by atoms with E-state index in [0.717, 1.165) is 12.6 Å². The van der Waals surface area contributed by atoms with E-state index >= 15 is 0 Å². The highest BCUT2D eigenvalue weighted by Gasteiger charge is 2.31. The Bertz CT molecular complexity index is 328. The molecule has 0 aromatic heterocycles. The van der Waals surface area contributed by atoms with Crippen molar-refractivity contribution >= 4 is 5.97 Å². The van der Waals surface area contributed by atoms with Crippen molar-refractivity contribution in [3.05, 3.63) is 11.6 Å². The second kappa shape index (κ2) is 6.34. The van der Waals surface area contributed by atoms with Crippen molar-refractivity contribution in [3.8, 4) is 0 Å². The first-order chi connectivity index (χ1) is 8.70. The summed E-state index contributed by atoms with van der Waals surface area (Å²) in [6.45, 7) is 5.08. The molecule has 2 heterocycles. The lowest BCUT2D eigenvalue weighted by molar-refractivity contribution is -0.136. The summed E-state index contributed by atoms with van der Waals surface area (Å²) in [5.41, 5.74) is 0.684. The van der Waals surface area contributed by atoms with Gasteiger partial charge in [-0.15, -0.1) is 0 Å². The molecule has 4 heteroatoms. The number of esters is 1. The van der Waals surface area contributed by atoms with Crippen LogP contribution in [0, 0.1) is 0 Å². The molecule has 2 aliphatic heterocycles. The molecule has 0 aromatic rings. The summed E-state index contributed by atoms with van der Waals surface area (Å²) in [4.78, 5) is 13.8. The van der Waals surface area contributed by atoms with Gasteiger partial charge in [0.15, 0.2) is 0 Å². The Morgan fingerprint density at radius 1 is 1.44 bits per heavy atom. The first kappa shape index (κ1) is 13.6. The van der Waals surface area contributed by atoms with E-state index in [4.69, 9.17) is 0 Å². The van der Waals surface area contributed by atoms with E-state index in [1.54, 1.807) is 6.92 Å². The Balaban J connectivity index is 1.72. The monoisotopic (exact) mass is 252 g/mol. The molecule has 0 spiro atoms. The quantitative estimate of drug-likeness (QED) is 0.605. The van der Waals surface area contributed by atoms with Crippen LogP contribution in [0.1, 0.15) is 32.6 Å². The molecule has 1 N–H and O–H groups in total. The number of carbonyl (C=O) groups excluding carboxylic acids is 1. The number of carbonyl (C=O) groups is 1. The normalized spacial score (nSPS) is 29.1. The second-order valence-corrected chi connectivity index (χ2v) is 5.34. The number of ether oxygens (including phenoxy) is 1. The van der Waals surface area contributed by atoms with Crippen LogP contribution in [0.25, 0.3) is 0 Å². The van der Waals surface area contributed by atoms with Gasteiger partial charge in [-0.2, -0.15) is 0 Å². The summed E-state index contributed by atoms with van der Waals surface area (Å²) in [7, 11) is 1.42. The minimum absolute atomic E-state index is 0.234. The molecule has 2 saturated heterocycles. The third-order valence-electron chi connectivity index (χ3n) is 4.14. The van der Waals surface area contributed by atoms with E-state index in [2.05, 4.69) is 15.0 Å². The molecule has 0 amide bonds. The van der Waals surface area contributed by atoms with Gasteiger partial charge >= 0.3 is 5.97 Å². The predicted octanol–water partition coefficient (Wildman–Crippen LogP) is 1.32. The number of methoxy groups -OCH3 is 1. The van der Waals surface area contributed by atoms with E-state index in [1.807, 2.05) is 6.08 Å². The van der Waals surface area contributed by atoms with E-state index in [0.29, 0.717) is 11.6 Å². The SMILES string of the molecule is COC(=O)C(C)=CCNC1CCN2CCCC2C1. The van der Waals surface area contributed by atoms with Crippen LogP contribution in [0.4, 0.5) is 0 Å². The third-order valence-corrected chi connectivity index (χ3v) is 4.14. The number of nitrogens with zero attached hydrogens (tertiary/aromatic N) is 1. The molecular formula is C14H24N2O2. The van der Waals surface area contributed by atoms with Crippen molar-refractivity contribution in [2.45, 2.75) is 44.7 Å². The molecule has 2 rings (SSSR count). The Labute approximate surface area is 109 Å². The average Bonchev–Trinajstić information content (AvgIpc) is 2.85. The lowest BCUT2D eigenvalue weighted by Crippen LogP contribution is -2.45.